The van der Waals surface area contributed by atoms with E-state index in [4.69, 9.17) is 9.47 Å². The van der Waals surface area contributed by atoms with Crippen molar-refractivity contribution in [1.82, 2.24) is 5.32 Å². The summed E-state index contributed by atoms with van der Waals surface area (Å²) in [5, 5.41) is 54.9. The van der Waals surface area contributed by atoms with E-state index in [0.717, 1.165) is 64.2 Å². The van der Waals surface area contributed by atoms with E-state index >= 15 is 0 Å². The lowest BCUT2D eigenvalue weighted by molar-refractivity contribution is -0.302. The highest BCUT2D eigenvalue weighted by Crippen LogP contribution is 2.24. The summed E-state index contributed by atoms with van der Waals surface area (Å²) in [4.78, 5) is 13.2. The van der Waals surface area contributed by atoms with Crippen LogP contribution in [0.4, 0.5) is 0 Å². The molecule has 9 nitrogen and oxygen atoms in total. The number of allylic oxidation sites excluding steroid dienone is 9. The van der Waals surface area contributed by atoms with Crippen LogP contribution in [0.2, 0.25) is 0 Å². The van der Waals surface area contributed by atoms with Gasteiger partial charge in [-0.05, 0) is 57.8 Å². The number of rotatable bonds is 69. The van der Waals surface area contributed by atoms with Crippen LogP contribution in [-0.4, -0.2) is 87.5 Å². The van der Waals surface area contributed by atoms with Crippen molar-refractivity contribution in [2.45, 2.75) is 429 Å². The Morgan fingerprint density at radius 2 is 0.697 bits per heavy atom. The van der Waals surface area contributed by atoms with Gasteiger partial charge in [0.25, 0.3) is 0 Å². The minimum absolute atomic E-state index is 0.168. The van der Waals surface area contributed by atoms with Crippen LogP contribution < -0.4 is 5.32 Å². The second-order valence-corrected chi connectivity index (χ2v) is 27.1. The number of carbonyl (C=O) groups is 1. The molecule has 9 heteroatoms. The molecule has 0 aromatic heterocycles. The molecule has 0 spiro atoms. The van der Waals surface area contributed by atoms with Crippen molar-refractivity contribution in [1.29, 1.82) is 0 Å². The first-order chi connectivity index (χ1) is 43.8. The van der Waals surface area contributed by atoms with E-state index in [0.29, 0.717) is 6.42 Å². The molecular formula is C80H149NO8. The fourth-order valence-electron chi connectivity index (χ4n) is 12.6. The fraction of sp³-hybridized carbons (Fsp3) is 0.863. The van der Waals surface area contributed by atoms with E-state index in [9.17, 15) is 30.3 Å². The SMILES string of the molecule is CC/C=C\C/C=C\C/C=C\C/C=C\CCCCCCCCCCCCCCCCCCCCCCCCCCCCCCC(=O)NC(COC1OC(CO)C(O)C(O)C1O)C(O)/C=C/CCCCCCCCCCCCCCCCCCCCCCCCC. The molecule has 0 aromatic rings. The molecule has 0 aromatic carbocycles. The largest absolute Gasteiger partial charge is 0.394 e. The average Bonchev–Trinajstić information content (AvgIpc) is 2.59. The van der Waals surface area contributed by atoms with Crippen LogP contribution in [0.5, 0.6) is 0 Å². The highest BCUT2D eigenvalue weighted by molar-refractivity contribution is 5.76. The Kier molecular flexibility index (Phi) is 65.6. The maximum absolute atomic E-state index is 13.2. The Morgan fingerprint density at radius 3 is 1.03 bits per heavy atom. The van der Waals surface area contributed by atoms with Gasteiger partial charge in [-0.1, -0.05) is 383 Å². The number of aliphatic hydroxyl groups is 5. The summed E-state index contributed by atoms with van der Waals surface area (Å²) in [6.45, 7) is 3.72. The van der Waals surface area contributed by atoms with Crippen molar-refractivity contribution in [3.63, 3.8) is 0 Å². The Hall–Kier alpha value is -2.11. The van der Waals surface area contributed by atoms with Gasteiger partial charge in [0.05, 0.1) is 25.4 Å². The van der Waals surface area contributed by atoms with Gasteiger partial charge in [-0.25, -0.2) is 0 Å². The monoisotopic (exact) mass is 1250 g/mol. The maximum Gasteiger partial charge on any atom is 0.220 e. The molecule has 1 saturated heterocycles. The number of aliphatic hydroxyl groups excluding tert-OH is 5. The minimum atomic E-state index is -1.57. The van der Waals surface area contributed by atoms with E-state index in [1.54, 1.807) is 6.08 Å². The maximum atomic E-state index is 13.2. The smallest absolute Gasteiger partial charge is 0.220 e. The van der Waals surface area contributed by atoms with Gasteiger partial charge >= 0.3 is 0 Å². The Labute approximate surface area is 551 Å². The molecule has 0 saturated carbocycles. The van der Waals surface area contributed by atoms with Gasteiger partial charge in [0.15, 0.2) is 6.29 Å². The summed E-state index contributed by atoms with van der Waals surface area (Å²) in [5.41, 5.74) is 0. The van der Waals surface area contributed by atoms with Crippen molar-refractivity contribution < 1.29 is 39.8 Å². The van der Waals surface area contributed by atoms with Gasteiger partial charge in [-0.2, -0.15) is 0 Å². The summed E-state index contributed by atoms with van der Waals surface area (Å²) in [6, 6.07) is -0.805. The number of carbonyl (C=O) groups excluding carboxylic acids is 1. The quantitative estimate of drug-likeness (QED) is 0.0261. The first-order valence-electron chi connectivity index (χ1n) is 39.0. The van der Waals surface area contributed by atoms with Crippen molar-refractivity contribution in [2.24, 2.45) is 0 Å². The zero-order valence-corrected chi connectivity index (χ0v) is 58.7. The minimum Gasteiger partial charge on any atom is -0.394 e. The predicted octanol–water partition coefficient (Wildman–Crippen LogP) is 22.1. The Bertz CT molecular complexity index is 1600. The van der Waals surface area contributed by atoms with Crippen molar-refractivity contribution in [3.8, 4) is 0 Å². The molecule has 1 amide bonds. The van der Waals surface area contributed by atoms with Crippen LogP contribution in [0.15, 0.2) is 60.8 Å². The van der Waals surface area contributed by atoms with Crippen LogP contribution in [0, 0.1) is 0 Å². The second kappa shape index (κ2) is 68.7. The molecule has 0 radical (unpaired) electrons. The number of amides is 1. The number of hydrogen-bond acceptors (Lipinski definition) is 8. The Balaban J connectivity index is 2.04. The second-order valence-electron chi connectivity index (χ2n) is 27.1. The molecule has 0 bridgehead atoms. The van der Waals surface area contributed by atoms with E-state index in [-0.39, 0.29) is 12.5 Å². The summed E-state index contributed by atoms with van der Waals surface area (Å²) < 4.78 is 11.3. The molecule has 89 heavy (non-hydrogen) atoms. The molecule has 0 aliphatic carbocycles. The predicted molar refractivity (Wildman–Crippen MR) is 382 cm³/mol. The van der Waals surface area contributed by atoms with Gasteiger partial charge < -0.3 is 40.3 Å². The first-order valence-corrected chi connectivity index (χ1v) is 39.0. The van der Waals surface area contributed by atoms with Crippen LogP contribution in [0.3, 0.4) is 0 Å². The topological polar surface area (TPSA) is 149 Å². The molecule has 7 unspecified atom stereocenters. The normalized spacial score (nSPS) is 18.1. The number of nitrogens with one attached hydrogen (secondary N) is 1. The fourth-order valence-corrected chi connectivity index (χ4v) is 12.6. The highest BCUT2D eigenvalue weighted by atomic mass is 16.7. The molecule has 1 aliphatic heterocycles. The highest BCUT2D eigenvalue weighted by Gasteiger charge is 2.44. The van der Waals surface area contributed by atoms with E-state index < -0.39 is 49.5 Å². The van der Waals surface area contributed by atoms with Crippen LogP contribution in [-0.2, 0) is 14.3 Å². The molecule has 1 aliphatic rings. The molecule has 1 rings (SSSR count). The van der Waals surface area contributed by atoms with E-state index in [1.807, 2.05) is 6.08 Å². The van der Waals surface area contributed by atoms with Gasteiger partial charge in [0.2, 0.25) is 5.91 Å². The molecule has 1 fully saturated rings. The Morgan fingerprint density at radius 1 is 0.393 bits per heavy atom. The third kappa shape index (κ3) is 57.1. The zero-order valence-electron chi connectivity index (χ0n) is 58.7. The van der Waals surface area contributed by atoms with Gasteiger partial charge in [-0.3, -0.25) is 4.79 Å². The van der Waals surface area contributed by atoms with Gasteiger partial charge in [-0.15, -0.1) is 0 Å². The summed E-state index contributed by atoms with van der Waals surface area (Å²) in [5.74, 6) is -0.168. The average molecular weight is 1250 g/mol. The van der Waals surface area contributed by atoms with Crippen LogP contribution in [0.1, 0.15) is 386 Å². The standard InChI is InChI=1S/C80H149NO8/c1-3-5-7-9-11-13-15-17-19-21-23-25-27-29-30-31-32-33-34-35-36-37-38-39-40-41-42-43-44-46-48-50-52-54-56-58-60-62-64-66-68-70-76(84)81-73(72-88-80-79(87)78(86)77(85)75(71-82)89-80)74(83)69-67-65-63-61-59-57-55-53-51-49-47-45-28-26-24-22-20-18-16-14-12-10-8-6-4-2/h5,7,11,13,17,19,23,25,67,69,73-75,77-80,82-83,85-87H,3-4,6,8-10,12,14-16,18,20-22,24,26-66,68,70-72H2,1-2H3,(H,81,84)/b7-5-,13-11-,19-17-,25-23-,69-67+. The summed E-state index contributed by atoms with van der Waals surface area (Å²) in [6.07, 6.45) is 89.4. The summed E-state index contributed by atoms with van der Waals surface area (Å²) >= 11 is 0. The lowest BCUT2D eigenvalue weighted by Gasteiger charge is -2.40. The van der Waals surface area contributed by atoms with E-state index in [2.05, 4.69) is 67.8 Å². The lowest BCUT2D eigenvalue weighted by atomic mass is 9.99. The van der Waals surface area contributed by atoms with Crippen LogP contribution in [0.25, 0.3) is 0 Å². The van der Waals surface area contributed by atoms with Gasteiger partial charge in [0, 0.05) is 6.42 Å². The number of hydrogen-bond donors (Lipinski definition) is 6. The summed E-state index contributed by atoms with van der Waals surface area (Å²) in [7, 11) is 0. The van der Waals surface area contributed by atoms with Crippen molar-refractivity contribution >= 4 is 5.91 Å². The lowest BCUT2D eigenvalue weighted by Crippen LogP contribution is -2.60. The third-order valence-corrected chi connectivity index (χ3v) is 18.6. The van der Waals surface area contributed by atoms with Crippen LogP contribution >= 0.6 is 0 Å². The number of unbranched alkanes of at least 4 members (excludes halogenated alkanes) is 51. The first kappa shape index (κ1) is 84.9. The molecular weight excluding hydrogens is 1100 g/mol. The third-order valence-electron chi connectivity index (χ3n) is 18.6. The van der Waals surface area contributed by atoms with E-state index in [1.165, 1.54) is 302 Å². The van der Waals surface area contributed by atoms with Gasteiger partial charge in [0.1, 0.15) is 24.4 Å². The number of ether oxygens (including phenoxy) is 2. The van der Waals surface area contributed by atoms with Crippen molar-refractivity contribution in [3.05, 3.63) is 60.8 Å². The molecule has 522 valence electrons. The molecule has 6 N–H and O–H groups in total. The van der Waals surface area contributed by atoms with Crippen molar-refractivity contribution in [2.75, 3.05) is 13.2 Å². The molecule has 7 atom stereocenters. The zero-order chi connectivity index (χ0) is 64.2. The molecule has 1 heterocycles.